The number of hydrogen-bond acceptors (Lipinski definition) is 4. The Labute approximate surface area is 177 Å². The molecule has 1 aromatic heterocycles. The average Bonchev–Trinajstić information content (AvgIpc) is 3.20. The van der Waals surface area contributed by atoms with Gasteiger partial charge < -0.3 is 25.1 Å². The predicted molar refractivity (Wildman–Crippen MR) is 121 cm³/mol. The van der Waals surface area contributed by atoms with Gasteiger partial charge in [-0.05, 0) is 49.6 Å². The number of hydrogen-bond donors (Lipinski definition) is 3. The van der Waals surface area contributed by atoms with E-state index in [9.17, 15) is 0 Å². The van der Waals surface area contributed by atoms with Gasteiger partial charge in [0.05, 0.1) is 31.2 Å². The number of aromatic nitrogens is 2. The van der Waals surface area contributed by atoms with Crippen LogP contribution in [0.3, 0.4) is 0 Å². The summed E-state index contributed by atoms with van der Waals surface area (Å²) in [6.07, 6.45) is 0.918. The van der Waals surface area contributed by atoms with Crippen LogP contribution in [0.25, 0.3) is 11.0 Å². The molecule has 0 aliphatic carbocycles. The fourth-order valence-corrected chi connectivity index (χ4v) is 3.08. The molecule has 0 aliphatic heterocycles. The molecule has 160 valence electrons. The molecule has 0 bridgehead atoms. The maximum Gasteiger partial charge on any atom is 0.191 e. The Hall–Kier alpha value is -3.06. The van der Waals surface area contributed by atoms with Gasteiger partial charge in [0.1, 0.15) is 11.6 Å². The van der Waals surface area contributed by atoms with Crippen LogP contribution in [-0.4, -0.2) is 42.8 Å². The van der Waals surface area contributed by atoms with E-state index in [4.69, 9.17) is 19.5 Å². The molecule has 2 aromatic carbocycles. The van der Waals surface area contributed by atoms with Crippen LogP contribution in [-0.2, 0) is 17.8 Å². The molecule has 0 unspecified atom stereocenters. The Bertz CT molecular complexity index is 950. The minimum atomic E-state index is 0.564. The van der Waals surface area contributed by atoms with Crippen LogP contribution >= 0.6 is 0 Å². The van der Waals surface area contributed by atoms with E-state index in [0.29, 0.717) is 13.1 Å². The standard InChI is InChI=1S/C23H31N5O2/c1-4-30-14-6-13-24-23(25-15-18-9-11-19(29-3)12-10-18)26-16-21-27-20-8-5-7-17(2)22(20)28-21/h5,7-12H,4,6,13-16H2,1-3H3,(H,27,28)(H2,24,25,26). The Morgan fingerprint density at radius 2 is 1.97 bits per heavy atom. The lowest BCUT2D eigenvalue weighted by molar-refractivity contribution is 0.145. The molecular weight excluding hydrogens is 378 g/mol. The Balaban J connectivity index is 1.63. The van der Waals surface area contributed by atoms with Crippen molar-refractivity contribution in [3.8, 4) is 5.75 Å². The summed E-state index contributed by atoms with van der Waals surface area (Å²) in [5, 5.41) is 6.76. The number of methoxy groups -OCH3 is 1. The molecule has 0 radical (unpaired) electrons. The van der Waals surface area contributed by atoms with Gasteiger partial charge in [-0.1, -0.05) is 24.3 Å². The van der Waals surface area contributed by atoms with E-state index in [1.807, 2.05) is 43.3 Å². The summed E-state index contributed by atoms with van der Waals surface area (Å²) in [4.78, 5) is 12.8. The average molecular weight is 410 g/mol. The van der Waals surface area contributed by atoms with Crippen molar-refractivity contribution in [3.05, 3.63) is 59.4 Å². The van der Waals surface area contributed by atoms with Gasteiger partial charge in [-0.25, -0.2) is 9.98 Å². The van der Waals surface area contributed by atoms with Crippen LogP contribution in [0.5, 0.6) is 5.75 Å². The SMILES string of the molecule is CCOCCCNC(=NCc1ccc(OC)cc1)NCc1nc2c(C)cccc2[nH]1. The minimum Gasteiger partial charge on any atom is -0.497 e. The highest BCUT2D eigenvalue weighted by Gasteiger charge is 2.06. The number of H-pyrrole nitrogens is 1. The van der Waals surface area contributed by atoms with Gasteiger partial charge in [0.2, 0.25) is 0 Å². The summed E-state index contributed by atoms with van der Waals surface area (Å²) in [5.41, 5.74) is 4.34. The lowest BCUT2D eigenvalue weighted by Crippen LogP contribution is -2.38. The third-order valence-electron chi connectivity index (χ3n) is 4.73. The second kappa shape index (κ2) is 11.2. The molecule has 0 amide bonds. The molecule has 0 aliphatic rings. The molecule has 0 spiro atoms. The lowest BCUT2D eigenvalue weighted by atomic mass is 10.2. The van der Waals surface area contributed by atoms with Crippen LogP contribution in [0.1, 0.15) is 30.3 Å². The number of benzene rings is 2. The van der Waals surface area contributed by atoms with Crippen LogP contribution in [0.2, 0.25) is 0 Å². The second-order valence-electron chi connectivity index (χ2n) is 7.00. The van der Waals surface area contributed by atoms with Crippen molar-refractivity contribution < 1.29 is 9.47 Å². The molecule has 3 N–H and O–H groups in total. The number of aryl methyl sites for hydroxylation is 1. The maximum absolute atomic E-state index is 5.41. The summed E-state index contributed by atoms with van der Waals surface area (Å²) < 4.78 is 10.6. The summed E-state index contributed by atoms with van der Waals surface area (Å²) in [6, 6.07) is 14.1. The third-order valence-corrected chi connectivity index (χ3v) is 4.73. The highest BCUT2D eigenvalue weighted by atomic mass is 16.5. The smallest absolute Gasteiger partial charge is 0.191 e. The van der Waals surface area contributed by atoms with Crippen molar-refractivity contribution in [1.82, 2.24) is 20.6 Å². The van der Waals surface area contributed by atoms with E-state index in [2.05, 4.69) is 28.6 Å². The van der Waals surface area contributed by atoms with Crippen LogP contribution in [0.15, 0.2) is 47.5 Å². The number of imidazole rings is 1. The van der Waals surface area contributed by atoms with E-state index < -0.39 is 0 Å². The molecule has 30 heavy (non-hydrogen) atoms. The quantitative estimate of drug-likeness (QED) is 0.271. The zero-order valence-electron chi connectivity index (χ0n) is 18.0. The van der Waals surface area contributed by atoms with Gasteiger partial charge in [0, 0.05) is 19.8 Å². The number of para-hydroxylation sites is 1. The number of fused-ring (bicyclic) bond motifs is 1. The highest BCUT2D eigenvalue weighted by molar-refractivity contribution is 5.80. The molecule has 7 heteroatoms. The van der Waals surface area contributed by atoms with Gasteiger partial charge in [-0.3, -0.25) is 0 Å². The van der Waals surface area contributed by atoms with Crippen molar-refractivity contribution in [2.45, 2.75) is 33.4 Å². The molecule has 0 fully saturated rings. The number of aromatic amines is 1. The number of guanidine groups is 1. The number of aliphatic imine (C=N–C) groups is 1. The highest BCUT2D eigenvalue weighted by Crippen LogP contribution is 2.15. The first kappa shape index (κ1) is 21.6. The topological polar surface area (TPSA) is 83.6 Å². The molecule has 0 saturated carbocycles. The molecule has 1 heterocycles. The summed E-state index contributed by atoms with van der Waals surface area (Å²) in [7, 11) is 1.67. The molecule has 3 rings (SSSR count). The largest absolute Gasteiger partial charge is 0.497 e. The van der Waals surface area contributed by atoms with E-state index in [0.717, 1.165) is 65.9 Å². The van der Waals surface area contributed by atoms with Crippen molar-refractivity contribution >= 4 is 17.0 Å². The maximum atomic E-state index is 5.41. The zero-order chi connectivity index (χ0) is 21.2. The summed E-state index contributed by atoms with van der Waals surface area (Å²) in [6.45, 7) is 7.47. The Morgan fingerprint density at radius 1 is 1.13 bits per heavy atom. The molecule has 7 nitrogen and oxygen atoms in total. The monoisotopic (exact) mass is 409 g/mol. The fourth-order valence-electron chi connectivity index (χ4n) is 3.08. The van der Waals surface area contributed by atoms with E-state index >= 15 is 0 Å². The summed E-state index contributed by atoms with van der Waals surface area (Å²) in [5.74, 6) is 2.47. The molecular formula is C23H31N5O2. The number of nitrogens with zero attached hydrogens (tertiary/aromatic N) is 2. The first-order chi connectivity index (χ1) is 14.7. The van der Waals surface area contributed by atoms with Crippen LogP contribution < -0.4 is 15.4 Å². The second-order valence-corrected chi connectivity index (χ2v) is 7.00. The molecule has 0 saturated heterocycles. The Kier molecular flexibility index (Phi) is 8.09. The third kappa shape index (κ3) is 6.22. The van der Waals surface area contributed by atoms with Crippen molar-refractivity contribution in [2.24, 2.45) is 4.99 Å². The van der Waals surface area contributed by atoms with Crippen molar-refractivity contribution in [1.29, 1.82) is 0 Å². The number of ether oxygens (including phenoxy) is 2. The minimum absolute atomic E-state index is 0.564. The predicted octanol–water partition coefficient (Wildman–Crippen LogP) is 3.54. The lowest BCUT2D eigenvalue weighted by Gasteiger charge is -2.12. The van der Waals surface area contributed by atoms with Gasteiger partial charge >= 0.3 is 0 Å². The van der Waals surface area contributed by atoms with Gasteiger partial charge in [0.25, 0.3) is 0 Å². The fraction of sp³-hybridized carbons (Fsp3) is 0.391. The van der Waals surface area contributed by atoms with Crippen molar-refractivity contribution in [3.63, 3.8) is 0 Å². The van der Waals surface area contributed by atoms with Crippen molar-refractivity contribution in [2.75, 3.05) is 26.9 Å². The number of rotatable bonds is 10. The van der Waals surface area contributed by atoms with Gasteiger partial charge in [0.15, 0.2) is 5.96 Å². The molecule has 0 atom stereocenters. The van der Waals surface area contributed by atoms with Gasteiger partial charge in [-0.2, -0.15) is 0 Å². The Morgan fingerprint density at radius 3 is 2.70 bits per heavy atom. The number of nitrogens with one attached hydrogen (secondary N) is 3. The zero-order valence-corrected chi connectivity index (χ0v) is 18.0. The molecule has 3 aromatic rings. The normalized spacial score (nSPS) is 11.6. The van der Waals surface area contributed by atoms with Crippen LogP contribution in [0, 0.1) is 6.92 Å². The van der Waals surface area contributed by atoms with Crippen LogP contribution in [0.4, 0.5) is 0 Å². The van der Waals surface area contributed by atoms with Gasteiger partial charge in [-0.15, -0.1) is 0 Å². The van der Waals surface area contributed by atoms with E-state index in [-0.39, 0.29) is 0 Å². The first-order valence-electron chi connectivity index (χ1n) is 10.4. The van der Waals surface area contributed by atoms with E-state index in [1.165, 1.54) is 0 Å². The van der Waals surface area contributed by atoms with E-state index in [1.54, 1.807) is 7.11 Å². The summed E-state index contributed by atoms with van der Waals surface area (Å²) >= 11 is 0. The first-order valence-corrected chi connectivity index (χ1v) is 10.4.